The van der Waals surface area contributed by atoms with Crippen LogP contribution in [0.3, 0.4) is 0 Å². The zero-order valence-electron chi connectivity index (χ0n) is 13.4. The number of fused-ring (bicyclic) bond motifs is 2. The van der Waals surface area contributed by atoms with Gasteiger partial charge in [0.15, 0.2) is 0 Å². The van der Waals surface area contributed by atoms with Gasteiger partial charge in [0, 0.05) is 28.7 Å². The van der Waals surface area contributed by atoms with Gasteiger partial charge in [0.05, 0.1) is 11.3 Å². The highest BCUT2D eigenvalue weighted by Crippen LogP contribution is 2.39. The molecule has 2 bridgehead atoms. The van der Waals surface area contributed by atoms with Crippen LogP contribution in [0.2, 0.25) is 0 Å². The van der Waals surface area contributed by atoms with E-state index in [0.29, 0.717) is 16.3 Å². The van der Waals surface area contributed by atoms with E-state index >= 15 is 0 Å². The molecule has 6 nitrogen and oxygen atoms in total. The zero-order valence-corrected chi connectivity index (χ0v) is 15.0. The molecule has 0 spiro atoms. The predicted octanol–water partition coefficient (Wildman–Crippen LogP) is 2.92. The largest absolute Gasteiger partial charge is 0.353 e. The molecule has 2 atom stereocenters. The van der Waals surface area contributed by atoms with E-state index in [2.05, 4.69) is 21.2 Å². The van der Waals surface area contributed by atoms with Crippen molar-refractivity contribution in [3.8, 4) is 0 Å². The molecule has 3 N–H and O–H groups in total. The van der Waals surface area contributed by atoms with Crippen LogP contribution in [0, 0.1) is 22.0 Å². The molecule has 7 heteroatoms. The fourth-order valence-electron chi connectivity index (χ4n) is 4.23. The van der Waals surface area contributed by atoms with E-state index in [-0.39, 0.29) is 30.1 Å². The fourth-order valence-corrected chi connectivity index (χ4v) is 4.73. The average molecular weight is 396 g/mol. The third-order valence-corrected chi connectivity index (χ3v) is 6.04. The molecule has 1 amide bonds. The number of nitrogens with two attached hydrogens (primary N) is 1. The number of nitro benzene ring substituents is 1. The first-order chi connectivity index (χ1) is 11.4. The number of carbonyl (C=O) groups is 1. The summed E-state index contributed by atoms with van der Waals surface area (Å²) in [7, 11) is 0. The minimum atomic E-state index is -0.443. The van der Waals surface area contributed by atoms with Crippen LogP contribution in [0.25, 0.3) is 0 Å². The topological polar surface area (TPSA) is 98.3 Å². The molecule has 24 heavy (non-hydrogen) atoms. The number of rotatable bonds is 4. The Balaban J connectivity index is 1.64. The van der Waals surface area contributed by atoms with E-state index in [4.69, 9.17) is 5.73 Å². The van der Waals surface area contributed by atoms with E-state index in [1.54, 1.807) is 6.07 Å². The number of nitro groups is 1. The lowest BCUT2D eigenvalue weighted by Gasteiger charge is -2.45. The lowest BCUT2D eigenvalue weighted by Crippen LogP contribution is -2.54. The molecule has 0 aromatic heterocycles. The van der Waals surface area contributed by atoms with Crippen molar-refractivity contribution in [3.63, 3.8) is 0 Å². The third kappa shape index (κ3) is 3.78. The molecule has 0 aliphatic heterocycles. The number of benzene rings is 1. The molecule has 130 valence electrons. The molecule has 3 rings (SSSR count). The quantitative estimate of drug-likeness (QED) is 0.604. The highest BCUT2D eigenvalue weighted by Gasteiger charge is 2.39. The fraction of sp³-hybridized carbons (Fsp3) is 0.588. The number of hydrogen-bond acceptors (Lipinski definition) is 4. The van der Waals surface area contributed by atoms with Crippen molar-refractivity contribution in [2.75, 3.05) is 0 Å². The second-order valence-electron chi connectivity index (χ2n) is 6.99. The highest BCUT2D eigenvalue weighted by molar-refractivity contribution is 9.10. The van der Waals surface area contributed by atoms with Gasteiger partial charge in [0.1, 0.15) is 0 Å². The van der Waals surface area contributed by atoms with Crippen molar-refractivity contribution in [2.24, 2.45) is 17.6 Å². The number of non-ortho nitro benzene ring substituents is 1. The van der Waals surface area contributed by atoms with Gasteiger partial charge in [-0.25, -0.2) is 0 Å². The summed E-state index contributed by atoms with van der Waals surface area (Å²) in [5.41, 5.74) is 6.90. The van der Waals surface area contributed by atoms with Crippen molar-refractivity contribution >= 4 is 27.5 Å². The molecule has 0 heterocycles. The molecule has 2 unspecified atom stereocenters. The molecular formula is C17H22BrN3O3. The van der Waals surface area contributed by atoms with Crippen molar-refractivity contribution in [1.82, 2.24) is 5.32 Å². The summed E-state index contributed by atoms with van der Waals surface area (Å²) in [6.45, 7) is 0. The van der Waals surface area contributed by atoms with Crippen LogP contribution >= 0.6 is 15.9 Å². The van der Waals surface area contributed by atoms with Crippen LogP contribution in [0.5, 0.6) is 0 Å². The second-order valence-corrected chi connectivity index (χ2v) is 7.84. The number of nitrogens with zero attached hydrogens (tertiary/aromatic N) is 1. The minimum Gasteiger partial charge on any atom is -0.353 e. The second kappa shape index (κ2) is 7.19. The molecule has 2 aliphatic carbocycles. The van der Waals surface area contributed by atoms with Crippen LogP contribution in [0.4, 0.5) is 5.69 Å². The molecule has 0 saturated heterocycles. The summed E-state index contributed by atoms with van der Waals surface area (Å²) in [5.74, 6) is 0.940. The maximum absolute atomic E-state index is 12.5. The normalized spacial score (nSPS) is 29.1. The van der Waals surface area contributed by atoms with Crippen LogP contribution in [0.1, 0.15) is 37.7 Å². The van der Waals surface area contributed by atoms with Crippen LogP contribution in [-0.2, 0) is 11.2 Å². The van der Waals surface area contributed by atoms with Gasteiger partial charge in [-0.2, -0.15) is 0 Å². The van der Waals surface area contributed by atoms with E-state index in [1.807, 2.05) is 0 Å². The zero-order chi connectivity index (χ0) is 17.3. The number of nitrogens with one attached hydrogen (secondary N) is 1. The van der Waals surface area contributed by atoms with Gasteiger partial charge in [-0.05, 0) is 43.1 Å². The molecule has 2 saturated carbocycles. The molecule has 2 aliphatic rings. The Kier molecular flexibility index (Phi) is 5.20. The Bertz CT molecular complexity index is 638. The summed E-state index contributed by atoms with van der Waals surface area (Å²) in [4.78, 5) is 22.8. The van der Waals surface area contributed by atoms with Gasteiger partial charge in [-0.3, -0.25) is 14.9 Å². The summed E-state index contributed by atoms with van der Waals surface area (Å²) in [6.07, 6.45) is 5.70. The molecule has 0 radical (unpaired) electrons. The van der Waals surface area contributed by atoms with E-state index in [1.165, 1.54) is 18.6 Å². The van der Waals surface area contributed by atoms with Crippen molar-refractivity contribution in [1.29, 1.82) is 0 Å². The first-order valence-corrected chi connectivity index (χ1v) is 9.21. The lowest BCUT2D eigenvalue weighted by atomic mass is 9.67. The number of hydrogen-bond donors (Lipinski definition) is 2. The third-order valence-electron chi connectivity index (χ3n) is 5.30. The molecule has 2 fully saturated rings. The maximum Gasteiger partial charge on any atom is 0.270 e. The van der Waals surface area contributed by atoms with Crippen LogP contribution < -0.4 is 11.1 Å². The van der Waals surface area contributed by atoms with Gasteiger partial charge in [0.25, 0.3) is 5.69 Å². The number of amides is 1. The van der Waals surface area contributed by atoms with Gasteiger partial charge in [-0.1, -0.05) is 28.4 Å². The predicted molar refractivity (Wildman–Crippen MR) is 94.5 cm³/mol. The average Bonchev–Trinajstić information content (AvgIpc) is 2.50. The lowest BCUT2D eigenvalue weighted by molar-refractivity contribution is -0.384. The highest BCUT2D eigenvalue weighted by atomic mass is 79.9. The standard InChI is InChI=1S/C17H22BrN3O3/c18-15-9-14(21(23)24)5-4-10(15)8-16(22)20-17-11-2-1-3-12(17)7-13(19)6-11/h4-5,9,11-13,17H,1-3,6-8,19H2,(H,20,22). The van der Waals surface area contributed by atoms with E-state index < -0.39 is 4.92 Å². The number of halogens is 1. The van der Waals surface area contributed by atoms with Crippen molar-refractivity contribution < 1.29 is 9.72 Å². The smallest absolute Gasteiger partial charge is 0.270 e. The maximum atomic E-state index is 12.5. The SMILES string of the molecule is NC1CC2CCCC(C1)C2NC(=O)Cc1ccc([N+](=O)[O-])cc1Br. The van der Waals surface area contributed by atoms with Crippen molar-refractivity contribution in [3.05, 3.63) is 38.3 Å². The Hall–Kier alpha value is -1.47. The van der Waals surface area contributed by atoms with Gasteiger partial charge in [0.2, 0.25) is 5.91 Å². The van der Waals surface area contributed by atoms with Gasteiger partial charge < -0.3 is 11.1 Å². The summed E-state index contributed by atoms with van der Waals surface area (Å²) in [6, 6.07) is 5.00. The summed E-state index contributed by atoms with van der Waals surface area (Å²) < 4.78 is 0.595. The Labute approximate surface area is 149 Å². The van der Waals surface area contributed by atoms with Crippen LogP contribution in [-0.4, -0.2) is 22.9 Å². The molecule has 1 aromatic rings. The minimum absolute atomic E-state index is 0.0156. The summed E-state index contributed by atoms with van der Waals surface area (Å²) >= 11 is 3.32. The molecular weight excluding hydrogens is 374 g/mol. The van der Waals surface area contributed by atoms with E-state index in [9.17, 15) is 14.9 Å². The molecule has 1 aromatic carbocycles. The Morgan fingerprint density at radius 1 is 1.33 bits per heavy atom. The summed E-state index contributed by atoms with van der Waals surface area (Å²) in [5, 5.41) is 14.0. The van der Waals surface area contributed by atoms with Gasteiger partial charge in [-0.15, -0.1) is 0 Å². The first-order valence-electron chi connectivity index (χ1n) is 8.42. The Morgan fingerprint density at radius 3 is 2.58 bits per heavy atom. The van der Waals surface area contributed by atoms with Gasteiger partial charge >= 0.3 is 0 Å². The van der Waals surface area contributed by atoms with Crippen LogP contribution in [0.15, 0.2) is 22.7 Å². The monoisotopic (exact) mass is 395 g/mol. The number of carbonyl (C=O) groups excluding carboxylic acids is 1. The first kappa shape index (κ1) is 17.4. The Morgan fingerprint density at radius 2 is 2.00 bits per heavy atom. The van der Waals surface area contributed by atoms with Crippen molar-refractivity contribution in [2.45, 2.75) is 50.6 Å². The van der Waals surface area contributed by atoms with E-state index in [0.717, 1.165) is 31.2 Å².